The van der Waals surface area contributed by atoms with Gasteiger partial charge in [-0.15, -0.1) is 0 Å². The van der Waals surface area contributed by atoms with Crippen LogP contribution in [-0.4, -0.2) is 47.8 Å². The quantitative estimate of drug-likeness (QED) is 0.673. The molecule has 29 heavy (non-hydrogen) atoms. The normalized spacial score (nSPS) is 14.7. The Morgan fingerprint density at radius 3 is 2.69 bits per heavy atom. The Morgan fingerprint density at radius 1 is 1.28 bits per heavy atom. The van der Waals surface area contributed by atoms with Gasteiger partial charge in [0.15, 0.2) is 5.78 Å². The van der Waals surface area contributed by atoms with Crippen LogP contribution in [0.3, 0.4) is 0 Å². The van der Waals surface area contributed by atoms with Crippen LogP contribution < -0.4 is 5.32 Å². The topological polar surface area (TPSA) is 65.2 Å². The van der Waals surface area contributed by atoms with E-state index in [4.69, 9.17) is 11.6 Å². The number of halogens is 1. The van der Waals surface area contributed by atoms with Crippen molar-refractivity contribution in [2.45, 2.75) is 34.1 Å². The van der Waals surface area contributed by atoms with Gasteiger partial charge in [0.2, 0.25) is 0 Å². The number of Topliss-reactive ketones (excluding diaryl/α,β-unsaturated/α-hetero) is 1. The summed E-state index contributed by atoms with van der Waals surface area (Å²) >= 11 is 6.13. The van der Waals surface area contributed by atoms with Crippen molar-refractivity contribution in [2.75, 3.05) is 26.2 Å². The predicted octanol–water partition coefficient (Wildman–Crippen LogP) is 4.02. The van der Waals surface area contributed by atoms with Gasteiger partial charge in [-0.05, 0) is 61.8 Å². The smallest absolute Gasteiger partial charge is 0.253 e. The molecule has 1 aliphatic rings. The zero-order valence-corrected chi connectivity index (χ0v) is 18.2. The molecule has 0 unspecified atom stereocenters. The Kier molecular flexibility index (Phi) is 6.60. The summed E-state index contributed by atoms with van der Waals surface area (Å²) in [4.78, 5) is 30.8. The van der Waals surface area contributed by atoms with Crippen LogP contribution in [0.5, 0.6) is 0 Å². The molecule has 5 nitrogen and oxygen atoms in total. The van der Waals surface area contributed by atoms with Crippen LogP contribution in [0.1, 0.15) is 52.3 Å². The van der Waals surface area contributed by atoms with Gasteiger partial charge in [0.1, 0.15) is 0 Å². The van der Waals surface area contributed by atoms with Gasteiger partial charge in [-0.25, -0.2) is 0 Å². The number of benzene rings is 1. The molecule has 0 bridgehead atoms. The first-order valence-electron chi connectivity index (χ1n) is 10.1. The number of ketones is 1. The molecule has 0 radical (unpaired) electrons. The molecule has 154 valence electrons. The van der Waals surface area contributed by atoms with Crippen LogP contribution in [0.25, 0.3) is 11.6 Å². The van der Waals surface area contributed by atoms with Crippen molar-refractivity contribution in [1.82, 2.24) is 15.2 Å². The van der Waals surface area contributed by atoms with Gasteiger partial charge in [-0.3, -0.25) is 9.59 Å². The summed E-state index contributed by atoms with van der Waals surface area (Å²) < 4.78 is 0. The van der Waals surface area contributed by atoms with E-state index in [0.717, 1.165) is 47.7 Å². The van der Waals surface area contributed by atoms with Crippen molar-refractivity contribution in [2.24, 2.45) is 0 Å². The molecule has 1 heterocycles. The lowest BCUT2D eigenvalue weighted by Gasteiger charge is -2.18. The number of hydrogen-bond acceptors (Lipinski definition) is 3. The monoisotopic (exact) mass is 413 g/mol. The largest absolute Gasteiger partial charge is 0.358 e. The molecular weight excluding hydrogens is 386 g/mol. The molecule has 0 spiro atoms. The molecule has 0 atom stereocenters. The van der Waals surface area contributed by atoms with E-state index in [1.165, 1.54) is 0 Å². The highest BCUT2D eigenvalue weighted by Gasteiger charge is 2.26. The van der Waals surface area contributed by atoms with Crippen LogP contribution in [0.2, 0.25) is 5.02 Å². The number of fused-ring (bicyclic) bond motifs is 1. The third kappa shape index (κ3) is 4.46. The van der Waals surface area contributed by atoms with Gasteiger partial charge in [-0.1, -0.05) is 31.5 Å². The van der Waals surface area contributed by atoms with E-state index in [0.29, 0.717) is 29.1 Å². The summed E-state index contributed by atoms with van der Waals surface area (Å²) in [5.74, 6) is -0.0200. The maximum atomic E-state index is 12.7. The number of allylic oxidation sites excluding steroid dienone is 1. The number of aryl methyl sites for hydroxylation is 1. The summed E-state index contributed by atoms with van der Waals surface area (Å²) in [7, 11) is 0. The first-order valence-corrected chi connectivity index (χ1v) is 10.5. The Bertz CT molecular complexity index is 971. The highest BCUT2D eigenvalue weighted by Crippen LogP contribution is 2.34. The number of H-pyrrole nitrogens is 1. The number of nitrogens with one attached hydrogen (secondary N) is 2. The lowest BCUT2D eigenvalue weighted by atomic mass is 10.0. The van der Waals surface area contributed by atoms with Crippen LogP contribution >= 0.6 is 11.6 Å². The summed E-state index contributed by atoms with van der Waals surface area (Å²) in [6.45, 7) is 11.4. The van der Waals surface area contributed by atoms with Crippen molar-refractivity contribution < 1.29 is 9.59 Å². The van der Waals surface area contributed by atoms with Crippen molar-refractivity contribution >= 4 is 34.9 Å². The summed E-state index contributed by atoms with van der Waals surface area (Å²) in [5, 5.41) is 3.62. The van der Waals surface area contributed by atoms with Gasteiger partial charge in [0, 0.05) is 41.5 Å². The summed E-state index contributed by atoms with van der Waals surface area (Å²) in [6.07, 6.45) is 2.23. The standard InChI is InChI=1S/C23H28ClN3O2/c1-5-27(6-2)10-9-25-23(29)22-14(3)20(26-15(22)4)13-19-18-12-17(24)8-7-16(18)11-21(19)28/h7-8,12-13,26H,5-6,9-11H2,1-4H3,(H,25,29). The lowest BCUT2D eigenvalue weighted by molar-refractivity contribution is -0.112. The van der Waals surface area contributed by atoms with E-state index in [1.54, 1.807) is 6.07 Å². The molecule has 1 aliphatic carbocycles. The molecule has 1 aromatic heterocycles. The zero-order chi connectivity index (χ0) is 21.1. The molecule has 3 rings (SSSR count). The zero-order valence-electron chi connectivity index (χ0n) is 17.5. The van der Waals surface area contributed by atoms with E-state index in [2.05, 4.69) is 29.0 Å². The van der Waals surface area contributed by atoms with E-state index in [9.17, 15) is 9.59 Å². The highest BCUT2D eigenvalue weighted by molar-refractivity contribution is 6.33. The van der Waals surface area contributed by atoms with Gasteiger partial charge in [0.25, 0.3) is 5.91 Å². The minimum absolute atomic E-state index is 0.0687. The van der Waals surface area contributed by atoms with Crippen LogP contribution in [0, 0.1) is 13.8 Å². The first kappa shape index (κ1) is 21.3. The second-order valence-electron chi connectivity index (χ2n) is 7.41. The molecular formula is C23H28ClN3O2. The molecule has 0 aliphatic heterocycles. The minimum Gasteiger partial charge on any atom is -0.358 e. The van der Waals surface area contributed by atoms with Crippen molar-refractivity contribution in [1.29, 1.82) is 0 Å². The number of likely N-dealkylation sites (N-methyl/N-ethyl adjacent to an activating group) is 1. The fraction of sp³-hybridized carbons (Fsp3) is 0.391. The van der Waals surface area contributed by atoms with E-state index in [-0.39, 0.29) is 11.7 Å². The SMILES string of the molecule is CCN(CC)CCNC(=O)c1c(C)[nH]c(C=C2C(=O)Cc3ccc(Cl)cc32)c1C. The second-order valence-corrected chi connectivity index (χ2v) is 7.84. The Morgan fingerprint density at radius 2 is 2.00 bits per heavy atom. The van der Waals surface area contributed by atoms with E-state index >= 15 is 0 Å². The molecule has 1 amide bonds. The fourth-order valence-electron chi connectivity index (χ4n) is 3.89. The first-order chi connectivity index (χ1) is 13.8. The molecule has 2 N–H and O–H groups in total. The Balaban J connectivity index is 1.83. The number of rotatable bonds is 7. The van der Waals surface area contributed by atoms with Crippen LogP contribution in [0.4, 0.5) is 0 Å². The number of aromatic amines is 1. The lowest BCUT2D eigenvalue weighted by Crippen LogP contribution is -2.35. The van der Waals surface area contributed by atoms with Crippen LogP contribution in [0.15, 0.2) is 18.2 Å². The molecule has 6 heteroatoms. The van der Waals surface area contributed by atoms with Gasteiger partial charge in [0.05, 0.1) is 5.56 Å². The second kappa shape index (κ2) is 8.97. The highest BCUT2D eigenvalue weighted by atomic mass is 35.5. The number of carbonyl (C=O) groups is 2. The van der Waals surface area contributed by atoms with Gasteiger partial charge in [-0.2, -0.15) is 0 Å². The van der Waals surface area contributed by atoms with E-state index < -0.39 is 0 Å². The number of amides is 1. The fourth-order valence-corrected chi connectivity index (χ4v) is 4.06. The van der Waals surface area contributed by atoms with Crippen molar-refractivity contribution in [3.8, 4) is 0 Å². The molecule has 2 aromatic rings. The average Bonchev–Trinajstić information content (AvgIpc) is 3.14. The molecule has 1 aromatic carbocycles. The average molecular weight is 414 g/mol. The third-order valence-electron chi connectivity index (χ3n) is 5.61. The Labute approximate surface area is 177 Å². The molecule has 0 saturated carbocycles. The van der Waals surface area contributed by atoms with Gasteiger partial charge >= 0.3 is 0 Å². The van der Waals surface area contributed by atoms with E-state index in [1.807, 2.05) is 32.1 Å². The maximum Gasteiger partial charge on any atom is 0.253 e. The van der Waals surface area contributed by atoms with Gasteiger partial charge < -0.3 is 15.2 Å². The molecule has 0 fully saturated rings. The van der Waals surface area contributed by atoms with Crippen molar-refractivity contribution in [3.63, 3.8) is 0 Å². The van der Waals surface area contributed by atoms with Crippen LogP contribution in [-0.2, 0) is 11.2 Å². The number of aromatic nitrogens is 1. The number of hydrogen-bond donors (Lipinski definition) is 2. The predicted molar refractivity (Wildman–Crippen MR) is 118 cm³/mol. The third-order valence-corrected chi connectivity index (χ3v) is 5.85. The number of nitrogens with zero attached hydrogens (tertiary/aromatic N) is 1. The molecule has 0 saturated heterocycles. The van der Waals surface area contributed by atoms with Crippen molar-refractivity contribution in [3.05, 3.63) is 56.9 Å². The summed E-state index contributed by atoms with van der Waals surface area (Å²) in [5.41, 5.74) is 5.58. The number of carbonyl (C=O) groups excluding carboxylic acids is 2. The summed E-state index contributed by atoms with van der Waals surface area (Å²) in [6, 6.07) is 5.54. The maximum absolute atomic E-state index is 12.7. The Hall–Kier alpha value is -2.37. The minimum atomic E-state index is -0.0887.